The van der Waals surface area contributed by atoms with Crippen LogP contribution in [0.15, 0.2) is 71.6 Å². The highest BCUT2D eigenvalue weighted by Gasteiger charge is 2.21. The maximum absolute atomic E-state index is 12.8. The molecule has 1 saturated heterocycles. The van der Waals surface area contributed by atoms with Crippen molar-refractivity contribution in [2.75, 3.05) is 62.6 Å². The van der Waals surface area contributed by atoms with Crippen molar-refractivity contribution in [3.63, 3.8) is 0 Å². The first-order valence-corrected chi connectivity index (χ1v) is 15.7. The van der Waals surface area contributed by atoms with E-state index < -0.39 is 10.0 Å². The Kier molecular flexibility index (Phi) is 10.5. The summed E-state index contributed by atoms with van der Waals surface area (Å²) in [5.74, 6) is 1.13. The lowest BCUT2D eigenvalue weighted by Crippen LogP contribution is -2.48. The molecule has 1 aliphatic heterocycles. The molecule has 224 valence electrons. The predicted octanol–water partition coefficient (Wildman–Crippen LogP) is 4.48. The quantitative estimate of drug-likeness (QED) is 0.249. The zero-order valence-electron chi connectivity index (χ0n) is 23.4. The number of benzene rings is 3. The van der Waals surface area contributed by atoms with Crippen molar-refractivity contribution < 1.29 is 22.7 Å². The predicted molar refractivity (Wildman–Crippen MR) is 169 cm³/mol. The van der Waals surface area contributed by atoms with Gasteiger partial charge in [0, 0.05) is 50.5 Å². The molecule has 0 bridgehead atoms. The van der Waals surface area contributed by atoms with Crippen LogP contribution in [0.25, 0.3) is 10.2 Å². The molecule has 5 rings (SSSR count). The number of hydrogen-bond donors (Lipinski definition) is 2. The van der Waals surface area contributed by atoms with Gasteiger partial charge in [-0.15, -0.1) is 12.4 Å². The Morgan fingerprint density at radius 3 is 2.48 bits per heavy atom. The number of aromatic nitrogens is 1. The summed E-state index contributed by atoms with van der Waals surface area (Å²) in [4.78, 5) is 22.4. The van der Waals surface area contributed by atoms with E-state index in [0.717, 1.165) is 53.8 Å². The zero-order chi connectivity index (χ0) is 28.8. The molecule has 0 aliphatic carbocycles. The fourth-order valence-electron chi connectivity index (χ4n) is 4.60. The normalized spacial score (nSPS) is 13.8. The third-order valence-electron chi connectivity index (χ3n) is 6.77. The number of rotatable bonds is 11. The first-order valence-electron chi connectivity index (χ1n) is 13.4. The number of piperazine rings is 1. The summed E-state index contributed by atoms with van der Waals surface area (Å²) in [5.41, 5.74) is 1.61. The number of thiazole rings is 1. The van der Waals surface area contributed by atoms with E-state index in [0.29, 0.717) is 30.2 Å². The van der Waals surface area contributed by atoms with Gasteiger partial charge in [0.2, 0.25) is 0 Å². The Labute approximate surface area is 256 Å². The molecule has 1 fully saturated rings. The monoisotopic (exact) mass is 631 g/mol. The summed E-state index contributed by atoms with van der Waals surface area (Å²) in [5, 5.41) is 3.95. The molecule has 1 aliphatic rings. The van der Waals surface area contributed by atoms with Gasteiger partial charge in [0.1, 0.15) is 17.0 Å². The van der Waals surface area contributed by atoms with Crippen LogP contribution in [0.1, 0.15) is 17.3 Å². The molecule has 10 nitrogen and oxygen atoms in total. The van der Waals surface area contributed by atoms with E-state index >= 15 is 0 Å². The molecular formula is C29H34ClN5O5S2. The Hall–Kier alpha value is -3.58. The largest absolute Gasteiger partial charge is 0.497 e. The molecule has 0 saturated carbocycles. The molecule has 42 heavy (non-hydrogen) atoms. The number of amides is 1. The number of para-hydroxylation sites is 1. The van der Waals surface area contributed by atoms with Gasteiger partial charge in [-0.25, -0.2) is 13.4 Å². The molecule has 3 aromatic carbocycles. The molecule has 4 aromatic rings. The zero-order valence-corrected chi connectivity index (χ0v) is 25.9. The fraction of sp³-hybridized carbons (Fsp3) is 0.310. The molecule has 1 amide bonds. The Balaban J connectivity index is 0.00000405. The van der Waals surface area contributed by atoms with E-state index in [1.807, 2.05) is 19.1 Å². The van der Waals surface area contributed by atoms with Crippen molar-refractivity contribution >= 4 is 60.7 Å². The second-order valence-corrected chi connectivity index (χ2v) is 12.2. The van der Waals surface area contributed by atoms with Crippen LogP contribution in [-0.4, -0.2) is 77.2 Å². The van der Waals surface area contributed by atoms with Crippen LogP contribution in [0.2, 0.25) is 0 Å². The van der Waals surface area contributed by atoms with Crippen LogP contribution >= 0.6 is 23.7 Å². The first-order chi connectivity index (χ1) is 19.9. The highest BCUT2D eigenvalue weighted by atomic mass is 35.5. The van der Waals surface area contributed by atoms with Gasteiger partial charge in [0.05, 0.1) is 23.3 Å². The third kappa shape index (κ3) is 7.43. The van der Waals surface area contributed by atoms with Crippen molar-refractivity contribution in [2.45, 2.75) is 11.8 Å². The minimum absolute atomic E-state index is 0. The minimum atomic E-state index is -3.81. The van der Waals surface area contributed by atoms with Gasteiger partial charge in [-0.05, 0) is 61.5 Å². The van der Waals surface area contributed by atoms with Gasteiger partial charge >= 0.3 is 0 Å². The average Bonchev–Trinajstić information content (AvgIpc) is 3.43. The minimum Gasteiger partial charge on any atom is -0.497 e. The Bertz CT molecular complexity index is 1610. The van der Waals surface area contributed by atoms with Crippen LogP contribution < -0.4 is 24.4 Å². The molecule has 0 radical (unpaired) electrons. The standard InChI is InChI=1S/C29H33N5O5S2.ClH/c1-3-39-25-8-5-9-26-27(25)31-29(40-26)34-18-16-33(17-19-34)15-14-30-28(35)21-6-4-7-22(20-21)32-41(36,37)24-12-10-23(38-2)11-13-24;/h4-13,20,32H,3,14-19H2,1-2H3,(H,30,35);1H. The molecule has 2 N–H and O–H groups in total. The highest BCUT2D eigenvalue weighted by molar-refractivity contribution is 7.92. The summed E-state index contributed by atoms with van der Waals surface area (Å²) in [6, 6.07) is 18.6. The van der Waals surface area contributed by atoms with Gasteiger partial charge in [-0.2, -0.15) is 0 Å². The highest BCUT2D eigenvalue weighted by Crippen LogP contribution is 2.34. The van der Waals surface area contributed by atoms with Crippen LogP contribution in [-0.2, 0) is 10.0 Å². The number of nitrogens with zero attached hydrogens (tertiary/aromatic N) is 3. The van der Waals surface area contributed by atoms with Gasteiger partial charge in [0.15, 0.2) is 5.13 Å². The number of carbonyl (C=O) groups excluding carboxylic acids is 1. The fourth-order valence-corrected chi connectivity index (χ4v) is 6.69. The molecule has 0 unspecified atom stereocenters. The lowest BCUT2D eigenvalue weighted by molar-refractivity contribution is 0.0947. The van der Waals surface area contributed by atoms with E-state index in [2.05, 4.69) is 25.9 Å². The second-order valence-electron chi connectivity index (χ2n) is 9.48. The van der Waals surface area contributed by atoms with E-state index in [1.165, 1.54) is 25.3 Å². The van der Waals surface area contributed by atoms with Crippen molar-refractivity contribution in [1.82, 2.24) is 15.2 Å². The van der Waals surface area contributed by atoms with E-state index in [-0.39, 0.29) is 23.2 Å². The van der Waals surface area contributed by atoms with Crippen LogP contribution in [0.4, 0.5) is 10.8 Å². The maximum atomic E-state index is 12.8. The molecule has 0 atom stereocenters. The van der Waals surface area contributed by atoms with Crippen molar-refractivity contribution in [2.24, 2.45) is 0 Å². The number of sulfonamides is 1. The summed E-state index contributed by atoms with van der Waals surface area (Å²) in [7, 11) is -2.29. The number of carbonyl (C=O) groups is 1. The van der Waals surface area contributed by atoms with Crippen molar-refractivity contribution in [3.05, 3.63) is 72.3 Å². The van der Waals surface area contributed by atoms with Gasteiger partial charge < -0.3 is 19.7 Å². The van der Waals surface area contributed by atoms with E-state index in [4.69, 9.17) is 14.5 Å². The second kappa shape index (κ2) is 14.1. The number of ether oxygens (including phenoxy) is 2. The molecular weight excluding hydrogens is 598 g/mol. The molecule has 1 aromatic heterocycles. The van der Waals surface area contributed by atoms with Crippen LogP contribution in [0, 0.1) is 0 Å². The van der Waals surface area contributed by atoms with Crippen molar-refractivity contribution in [1.29, 1.82) is 0 Å². The van der Waals surface area contributed by atoms with E-state index in [1.54, 1.807) is 41.7 Å². The molecule has 2 heterocycles. The van der Waals surface area contributed by atoms with Gasteiger partial charge in [-0.3, -0.25) is 14.4 Å². The summed E-state index contributed by atoms with van der Waals surface area (Å²) in [6.45, 7) is 7.23. The summed E-state index contributed by atoms with van der Waals surface area (Å²) < 4.78 is 40.0. The van der Waals surface area contributed by atoms with E-state index in [9.17, 15) is 13.2 Å². The number of hydrogen-bond acceptors (Lipinski definition) is 9. The number of methoxy groups -OCH3 is 1. The van der Waals surface area contributed by atoms with Gasteiger partial charge in [0.25, 0.3) is 15.9 Å². The first kappa shape index (κ1) is 31.4. The number of nitrogens with one attached hydrogen (secondary N) is 2. The van der Waals surface area contributed by atoms with Gasteiger partial charge in [-0.1, -0.05) is 23.5 Å². The lowest BCUT2D eigenvalue weighted by atomic mass is 10.2. The third-order valence-corrected chi connectivity index (χ3v) is 9.25. The van der Waals surface area contributed by atoms with Crippen molar-refractivity contribution in [3.8, 4) is 11.5 Å². The SMILES string of the molecule is CCOc1cccc2sc(N3CCN(CCNC(=O)c4cccc(NS(=O)(=O)c5ccc(OC)cc5)c4)CC3)nc12.Cl. The number of fused-ring (bicyclic) bond motifs is 1. The topological polar surface area (TPSA) is 113 Å². The maximum Gasteiger partial charge on any atom is 0.261 e. The summed E-state index contributed by atoms with van der Waals surface area (Å²) >= 11 is 1.68. The summed E-state index contributed by atoms with van der Waals surface area (Å²) in [6.07, 6.45) is 0. The average molecular weight is 632 g/mol. The molecule has 13 heteroatoms. The lowest BCUT2D eigenvalue weighted by Gasteiger charge is -2.34. The van der Waals surface area contributed by atoms with Crippen LogP contribution in [0.5, 0.6) is 11.5 Å². The Morgan fingerprint density at radius 1 is 1.02 bits per heavy atom. The number of anilines is 2. The number of halogens is 1. The smallest absolute Gasteiger partial charge is 0.261 e. The van der Waals surface area contributed by atoms with Crippen LogP contribution in [0.3, 0.4) is 0 Å². The molecule has 0 spiro atoms. The Morgan fingerprint density at radius 2 is 1.76 bits per heavy atom.